The first-order chi connectivity index (χ1) is 14.6. The molecule has 0 atom stereocenters. The van der Waals surface area contributed by atoms with Crippen molar-refractivity contribution in [3.8, 4) is 11.5 Å². The average Bonchev–Trinajstić information content (AvgIpc) is 3.49. The molecule has 0 N–H and O–H groups in total. The Balaban J connectivity index is 1.45. The van der Waals surface area contributed by atoms with Gasteiger partial charge >= 0.3 is 0 Å². The fraction of sp³-hybridized carbons (Fsp3) is 0.217. The molecule has 2 heterocycles. The van der Waals surface area contributed by atoms with Crippen LogP contribution in [0.4, 0.5) is 0 Å². The Morgan fingerprint density at radius 2 is 1.90 bits per heavy atom. The summed E-state index contributed by atoms with van der Waals surface area (Å²) in [6.45, 7) is 2.18. The second-order valence-electron chi connectivity index (χ2n) is 7.50. The first-order valence-corrected chi connectivity index (χ1v) is 10.2. The van der Waals surface area contributed by atoms with Crippen LogP contribution < -0.4 is 0 Å². The van der Waals surface area contributed by atoms with Crippen molar-refractivity contribution in [2.75, 3.05) is 0 Å². The third-order valence-corrected chi connectivity index (χ3v) is 5.44. The molecule has 7 heteroatoms. The highest BCUT2D eigenvalue weighted by Gasteiger charge is 2.35. The van der Waals surface area contributed by atoms with E-state index in [0.717, 1.165) is 35.0 Å². The first-order valence-electron chi connectivity index (χ1n) is 9.84. The molecule has 1 amide bonds. The van der Waals surface area contributed by atoms with Gasteiger partial charge in [-0.25, -0.2) is 0 Å². The van der Waals surface area contributed by atoms with Crippen LogP contribution in [0.15, 0.2) is 59.0 Å². The molecule has 1 aliphatic carbocycles. The molecule has 1 saturated carbocycles. The number of aryl methyl sites for hydroxylation is 1. The number of fused-ring (bicyclic) bond motifs is 1. The van der Waals surface area contributed by atoms with Gasteiger partial charge in [0.05, 0.1) is 17.6 Å². The molecule has 0 unspecified atom stereocenters. The van der Waals surface area contributed by atoms with Gasteiger partial charge < -0.3 is 9.32 Å². The average molecular weight is 419 g/mol. The van der Waals surface area contributed by atoms with Gasteiger partial charge in [0.1, 0.15) is 0 Å². The number of pyridine rings is 1. The SMILES string of the molecule is Cc1cc(C(=O)N(Cc2nnc(-c3ccc(Cl)cc3)o2)C2CC2)c2ccccc2n1. The maximum absolute atomic E-state index is 13.5. The highest BCUT2D eigenvalue weighted by molar-refractivity contribution is 6.30. The molecule has 150 valence electrons. The van der Waals surface area contributed by atoms with Crippen LogP contribution in [0.2, 0.25) is 5.02 Å². The summed E-state index contributed by atoms with van der Waals surface area (Å²) < 4.78 is 5.84. The van der Waals surface area contributed by atoms with E-state index in [0.29, 0.717) is 22.4 Å². The van der Waals surface area contributed by atoms with Gasteiger partial charge in [-0.05, 0) is 56.2 Å². The second-order valence-corrected chi connectivity index (χ2v) is 7.94. The number of rotatable bonds is 5. The topological polar surface area (TPSA) is 72.1 Å². The van der Waals surface area contributed by atoms with Crippen LogP contribution in [0, 0.1) is 6.92 Å². The first kappa shape index (κ1) is 18.8. The predicted octanol–water partition coefficient (Wildman–Crippen LogP) is 5.05. The Hall–Kier alpha value is -3.25. The van der Waals surface area contributed by atoms with Crippen LogP contribution in [0.3, 0.4) is 0 Å². The lowest BCUT2D eigenvalue weighted by Gasteiger charge is -2.21. The predicted molar refractivity (Wildman–Crippen MR) is 114 cm³/mol. The Morgan fingerprint density at radius 3 is 2.67 bits per heavy atom. The number of halogens is 1. The van der Waals surface area contributed by atoms with E-state index >= 15 is 0 Å². The van der Waals surface area contributed by atoms with Gasteiger partial charge in [0, 0.05) is 27.7 Å². The van der Waals surface area contributed by atoms with E-state index in [1.54, 1.807) is 12.1 Å². The van der Waals surface area contributed by atoms with Crippen molar-refractivity contribution in [2.24, 2.45) is 0 Å². The molecule has 5 rings (SSSR count). The lowest BCUT2D eigenvalue weighted by Crippen LogP contribution is -2.33. The minimum absolute atomic E-state index is 0.0366. The number of aromatic nitrogens is 3. The van der Waals surface area contributed by atoms with E-state index in [4.69, 9.17) is 16.0 Å². The summed E-state index contributed by atoms with van der Waals surface area (Å²) in [6, 6.07) is 17.0. The van der Waals surface area contributed by atoms with Crippen molar-refractivity contribution in [2.45, 2.75) is 32.4 Å². The van der Waals surface area contributed by atoms with E-state index < -0.39 is 0 Å². The highest BCUT2D eigenvalue weighted by atomic mass is 35.5. The molecule has 0 radical (unpaired) electrons. The molecule has 30 heavy (non-hydrogen) atoms. The molecule has 6 nitrogen and oxygen atoms in total. The zero-order chi connectivity index (χ0) is 20.7. The number of hydrogen-bond donors (Lipinski definition) is 0. The number of carbonyl (C=O) groups is 1. The van der Waals surface area contributed by atoms with Crippen LogP contribution >= 0.6 is 11.6 Å². The van der Waals surface area contributed by atoms with Crippen molar-refractivity contribution >= 4 is 28.4 Å². The summed E-state index contributed by atoms with van der Waals surface area (Å²) in [7, 11) is 0. The fourth-order valence-electron chi connectivity index (χ4n) is 3.56. The van der Waals surface area contributed by atoms with Crippen molar-refractivity contribution in [3.05, 3.63) is 76.8 Å². The number of hydrogen-bond acceptors (Lipinski definition) is 5. The molecule has 2 aromatic heterocycles. The molecule has 0 aliphatic heterocycles. The standard InChI is InChI=1S/C23H19ClN4O2/c1-14-12-19(18-4-2-3-5-20(18)25-14)23(29)28(17-10-11-17)13-21-26-27-22(30-21)15-6-8-16(24)9-7-15/h2-9,12,17H,10-11,13H2,1H3. The zero-order valence-electron chi connectivity index (χ0n) is 16.4. The summed E-state index contributed by atoms with van der Waals surface area (Å²) in [6.07, 6.45) is 1.96. The van der Waals surface area contributed by atoms with Crippen molar-refractivity contribution < 1.29 is 9.21 Å². The molecule has 1 fully saturated rings. The molecular formula is C23H19ClN4O2. The van der Waals surface area contributed by atoms with Crippen LogP contribution in [-0.2, 0) is 6.54 Å². The van der Waals surface area contributed by atoms with E-state index in [9.17, 15) is 4.79 Å². The molecule has 0 saturated heterocycles. The zero-order valence-corrected chi connectivity index (χ0v) is 17.1. The largest absolute Gasteiger partial charge is 0.419 e. The third-order valence-electron chi connectivity index (χ3n) is 5.19. The van der Waals surface area contributed by atoms with Gasteiger partial charge in [0.2, 0.25) is 11.8 Å². The lowest BCUT2D eigenvalue weighted by atomic mass is 10.1. The Labute approximate surface area is 178 Å². The molecule has 2 aromatic carbocycles. The van der Waals surface area contributed by atoms with Gasteiger partial charge in [-0.15, -0.1) is 10.2 Å². The number of para-hydroxylation sites is 1. The molecule has 0 bridgehead atoms. The van der Waals surface area contributed by atoms with Crippen molar-refractivity contribution in [3.63, 3.8) is 0 Å². The van der Waals surface area contributed by atoms with Crippen molar-refractivity contribution in [1.82, 2.24) is 20.1 Å². The molecule has 4 aromatic rings. The summed E-state index contributed by atoms with van der Waals surface area (Å²) in [5.74, 6) is 0.788. The molecule has 0 spiro atoms. The summed E-state index contributed by atoms with van der Waals surface area (Å²) in [5.41, 5.74) is 3.08. The number of carbonyl (C=O) groups excluding carboxylic acids is 1. The second kappa shape index (κ2) is 7.54. The lowest BCUT2D eigenvalue weighted by molar-refractivity contribution is 0.0716. The Bertz CT molecular complexity index is 1230. The summed E-state index contributed by atoms with van der Waals surface area (Å²) in [5, 5.41) is 9.80. The molecule has 1 aliphatic rings. The van der Waals surface area contributed by atoms with E-state index in [2.05, 4.69) is 15.2 Å². The number of nitrogens with zero attached hydrogens (tertiary/aromatic N) is 4. The Kier molecular flexibility index (Phi) is 4.71. The summed E-state index contributed by atoms with van der Waals surface area (Å²) >= 11 is 5.95. The van der Waals surface area contributed by atoms with Gasteiger partial charge in [-0.3, -0.25) is 9.78 Å². The van der Waals surface area contributed by atoms with Gasteiger partial charge in [-0.1, -0.05) is 29.8 Å². The normalized spacial score (nSPS) is 13.5. The van der Waals surface area contributed by atoms with E-state index in [1.807, 2.05) is 54.3 Å². The fourth-order valence-corrected chi connectivity index (χ4v) is 3.69. The Morgan fingerprint density at radius 1 is 1.13 bits per heavy atom. The summed E-state index contributed by atoms with van der Waals surface area (Å²) in [4.78, 5) is 19.9. The molecular weight excluding hydrogens is 400 g/mol. The van der Waals surface area contributed by atoms with Crippen LogP contribution in [-0.4, -0.2) is 32.0 Å². The monoisotopic (exact) mass is 418 g/mol. The van der Waals surface area contributed by atoms with E-state index in [-0.39, 0.29) is 18.5 Å². The number of amides is 1. The van der Waals surface area contributed by atoms with Crippen molar-refractivity contribution in [1.29, 1.82) is 0 Å². The highest BCUT2D eigenvalue weighted by Crippen LogP contribution is 2.32. The van der Waals surface area contributed by atoms with Gasteiger partial charge in [0.15, 0.2) is 0 Å². The minimum atomic E-state index is -0.0366. The quantitative estimate of drug-likeness (QED) is 0.453. The van der Waals surface area contributed by atoms with Gasteiger partial charge in [-0.2, -0.15) is 0 Å². The van der Waals surface area contributed by atoms with E-state index in [1.165, 1.54) is 0 Å². The minimum Gasteiger partial charge on any atom is -0.419 e. The van der Waals surface area contributed by atoms with Gasteiger partial charge in [0.25, 0.3) is 5.91 Å². The smallest absolute Gasteiger partial charge is 0.255 e. The maximum atomic E-state index is 13.5. The third kappa shape index (κ3) is 3.66. The number of benzene rings is 2. The maximum Gasteiger partial charge on any atom is 0.255 e. The van der Waals surface area contributed by atoms with Crippen LogP contribution in [0.1, 0.15) is 34.8 Å². The van der Waals surface area contributed by atoms with Crippen LogP contribution in [0.25, 0.3) is 22.4 Å². The van der Waals surface area contributed by atoms with Crippen LogP contribution in [0.5, 0.6) is 0 Å².